The van der Waals surface area contributed by atoms with Crippen molar-refractivity contribution in [2.24, 2.45) is 16.8 Å². The van der Waals surface area contributed by atoms with Gasteiger partial charge in [0, 0.05) is 12.1 Å². The van der Waals surface area contributed by atoms with E-state index in [1.54, 1.807) is 44.4 Å². The minimum atomic E-state index is -0.821. The molecule has 2 heterocycles. The number of ether oxygens (including phenoxy) is 3. The molecule has 0 radical (unpaired) electrons. The van der Waals surface area contributed by atoms with Crippen molar-refractivity contribution in [1.82, 2.24) is 4.57 Å². The summed E-state index contributed by atoms with van der Waals surface area (Å²) in [5, 5.41) is 11.0. The first kappa shape index (κ1) is 30.7. The quantitative estimate of drug-likeness (QED) is 0.178. The molecular formula is C31H35N3O7S. The van der Waals surface area contributed by atoms with E-state index < -0.39 is 16.9 Å². The third-order valence-corrected chi connectivity index (χ3v) is 7.63. The standard InChI is InChI=1S/C31H35N3O7S/c1-18(2)13-14-40-24-12-9-22(16-25(24)39-6)28-27(30(36)41-17-19(3)4)20(5)32-31-33(28)29(35)26(42-31)15-21-7-10-23(11-8-21)34(37)38/h7-12,15-16,18-19,28H,13-14,17H2,1-6H3/b26-15-. The van der Waals surface area contributed by atoms with Gasteiger partial charge < -0.3 is 14.2 Å². The number of hydrogen-bond acceptors (Lipinski definition) is 9. The summed E-state index contributed by atoms with van der Waals surface area (Å²) in [5.41, 5.74) is 1.59. The van der Waals surface area contributed by atoms with Crippen LogP contribution in [0, 0.1) is 22.0 Å². The number of fused-ring (bicyclic) bond motifs is 1. The second-order valence-corrected chi connectivity index (χ2v) is 11.9. The summed E-state index contributed by atoms with van der Waals surface area (Å²) in [5.74, 6) is 1.11. The zero-order valence-electron chi connectivity index (χ0n) is 24.6. The number of non-ortho nitro benzene ring substituents is 1. The first-order chi connectivity index (χ1) is 20.0. The van der Waals surface area contributed by atoms with Crippen LogP contribution in [0.1, 0.15) is 58.2 Å². The maximum absolute atomic E-state index is 13.9. The number of aromatic nitrogens is 1. The van der Waals surface area contributed by atoms with Crippen molar-refractivity contribution in [1.29, 1.82) is 0 Å². The fraction of sp³-hybridized carbons (Fsp3) is 0.387. The van der Waals surface area contributed by atoms with Gasteiger partial charge in [0.15, 0.2) is 16.3 Å². The van der Waals surface area contributed by atoms with Crippen LogP contribution < -0.4 is 24.4 Å². The van der Waals surface area contributed by atoms with Gasteiger partial charge in [-0.25, -0.2) is 9.79 Å². The van der Waals surface area contributed by atoms with E-state index in [1.165, 1.54) is 28.0 Å². The molecular weight excluding hydrogens is 558 g/mol. The molecule has 0 spiro atoms. The second kappa shape index (κ2) is 13.2. The van der Waals surface area contributed by atoms with Crippen molar-refractivity contribution in [2.45, 2.75) is 47.1 Å². The van der Waals surface area contributed by atoms with Crippen LogP contribution in [0.5, 0.6) is 11.5 Å². The van der Waals surface area contributed by atoms with Crippen molar-refractivity contribution >= 4 is 29.1 Å². The third-order valence-electron chi connectivity index (χ3n) is 6.65. The van der Waals surface area contributed by atoms with E-state index in [4.69, 9.17) is 14.2 Å². The summed E-state index contributed by atoms with van der Waals surface area (Å²) >= 11 is 1.18. The lowest BCUT2D eigenvalue weighted by molar-refractivity contribution is -0.384. The summed E-state index contributed by atoms with van der Waals surface area (Å²) in [6, 6.07) is 10.5. The van der Waals surface area contributed by atoms with Crippen molar-refractivity contribution in [3.63, 3.8) is 0 Å². The highest BCUT2D eigenvalue weighted by molar-refractivity contribution is 7.07. The Morgan fingerprint density at radius 2 is 1.83 bits per heavy atom. The summed E-state index contributed by atoms with van der Waals surface area (Å²) < 4.78 is 19.1. The minimum Gasteiger partial charge on any atom is -0.493 e. The minimum absolute atomic E-state index is 0.0423. The summed E-state index contributed by atoms with van der Waals surface area (Å²) in [4.78, 5) is 43.0. The van der Waals surface area contributed by atoms with Crippen LogP contribution in [0.2, 0.25) is 0 Å². The van der Waals surface area contributed by atoms with Gasteiger partial charge in [0.05, 0.1) is 47.1 Å². The monoisotopic (exact) mass is 593 g/mol. The molecule has 1 aliphatic heterocycles. The van der Waals surface area contributed by atoms with Gasteiger partial charge in [-0.3, -0.25) is 19.5 Å². The lowest BCUT2D eigenvalue weighted by Gasteiger charge is -2.25. The second-order valence-electron chi connectivity index (χ2n) is 10.9. The predicted octanol–water partition coefficient (Wildman–Crippen LogP) is 4.78. The first-order valence-electron chi connectivity index (χ1n) is 13.7. The molecule has 0 saturated carbocycles. The Labute approximate surface area is 247 Å². The topological polar surface area (TPSA) is 122 Å². The molecule has 0 fully saturated rings. The van der Waals surface area contributed by atoms with E-state index in [9.17, 15) is 19.7 Å². The Bertz CT molecular complexity index is 1680. The number of hydrogen-bond donors (Lipinski definition) is 0. The molecule has 0 amide bonds. The highest BCUT2D eigenvalue weighted by atomic mass is 32.1. The lowest BCUT2D eigenvalue weighted by atomic mass is 9.95. The van der Waals surface area contributed by atoms with Crippen LogP contribution in [0.4, 0.5) is 5.69 Å². The van der Waals surface area contributed by atoms with Gasteiger partial charge in [0.2, 0.25) is 0 Å². The molecule has 0 aliphatic carbocycles. The molecule has 2 aromatic carbocycles. The molecule has 0 saturated heterocycles. The first-order valence-corrected chi connectivity index (χ1v) is 14.6. The summed E-state index contributed by atoms with van der Waals surface area (Å²) in [6.07, 6.45) is 2.54. The van der Waals surface area contributed by atoms with E-state index in [0.29, 0.717) is 50.2 Å². The zero-order valence-corrected chi connectivity index (χ0v) is 25.4. The lowest BCUT2D eigenvalue weighted by Crippen LogP contribution is -2.40. The molecule has 0 N–H and O–H groups in total. The van der Waals surface area contributed by atoms with Crippen molar-refractivity contribution in [2.75, 3.05) is 20.3 Å². The van der Waals surface area contributed by atoms with Crippen LogP contribution in [0.25, 0.3) is 6.08 Å². The molecule has 0 bridgehead atoms. The number of nitro benzene ring substituents is 1. The number of methoxy groups -OCH3 is 1. The average molecular weight is 594 g/mol. The SMILES string of the molecule is COc1cc(C2C(C(=O)OCC(C)C)=C(C)N=c3s/c(=C\c4ccc([N+](=O)[O-])cc4)c(=O)n32)ccc1OCCC(C)C. The van der Waals surface area contributed by atoms with Crippen molar-refractivity contribution in [3.05, 3.63) is 94.7 Å². The maximum atomic E-state index is 13.9. The van der Waals surface area contributed by atoms with E-state index >= 15 is 0 Å². The van der Waals surface area contributed by atoms with Gasteiger partial charge >= 0.3 is 5.97 Å². The van der Waals surface area contributed by atoms with Crippen LogP contribution in [-0.4, -0.2) is 35.8 Å². The molecule has 3 aromatic rings. The Hall–Kier alpha value is -4.25. The fourth-order valence-corrected chi connectivity index (χ4v) is 5.49. The highest BCUT2D eigenvalue weighted by Gasteiger charge is 2.34. The molecule has 4 rings (SSSR count). The highest BCUT2D eigenvalue weighted by Crippen LogP contribution is 2.36. The Balaban J connectivity index is 1.84. The number of benzene rings is 2. The number of thiazole rings is 1. The Morgan fingerprint density at radius 1 is 1.12 bits per heavy atom. The normalized spacial score (nSPS) is 15.0. The molecule has 1 aliphatic rings. The van der Waals surface area contributed by atoms with E-state index in [2.05, 4.69) is 18.8 Å². The average Bonchev–Trinajstić information content (AvgIpc) is 3.25. The third kappa shape index (κ3) is 6.79. The van der Waals surface area contributed by atoms with Gasteiger partial charge in [-0.15, -0.1) is 0 Å². The number of esters is 1. The van der Waals surface area contributed by atoms with Crippen LogP contribution in [-0.2, 0) is 9.53 Å². The number of nitro groups is 1. The molecule has 10 nitrogen and oxygen atoms in total. The number of carbonyl (C=O) groups excluding carboxylic acids is 1. The fourth-order valence-electron chi connectivity index (χ4n) is 4.44. The van der Waals surface area contributed by atoms with Gasteiger partial charge in [0.25, 0.3) is 11.2 Å². The van der Waals surface area contributed by atoms with E-state index in [-0.39, 0.29) is 29.3 Å². The van der Waals surface area contributed by atoms with Crippen LogP contribution >= 0.6 is 11.3 Å². The zero-order chi connectivity index (χ0) is 30.6. The largest absolute Gasteiger partial charge is 0.493 e. The van der Waals surface area contributed by atoms with Crippen molar-refractivity contribution < 1.29 is 23.9 Å². The Morgan fingerprint density at radius 3 is 2.45 bits per heavy atom. The summed E-state index contributed by atoms with van der Waals surface area (Å²) in [6.45, 7) is 10.6. The molecule has 1 aromatic heterocycles. The molecule has 11 heteroatoms. The van der Waals surface area contributed by atoms with E-state index in [0.717, 1.165) is 6.42 Å². The predicted molar refractivity (Wildman–Crippen MR) is 161 cm³/mol. The number of nitrogens with zero attached hydrogens (tertiary/aromatic N) is 3. The molecule has 1 atom stereocenters. The molecule has 1 unspecified atom stereocenters. The number of rotatable bonds is 11. The van der Waals surface area contributed by atoms with Crippen LogP contribution in [0.3, 0.4) is 0 Å². The van der Waals surface area contributed by atoms with Gasteiger partial charge in [0.1, 0.15) is 0 Å². The Kier molecular flexibility index (Phi) is 9.62. The van der Waals surface area contributed by atoms with Crippen LogP contribution in [0.15, 0.2) is 63.5 Å². The van der Waals surface area contributed by atoms with Crippen molar-refractivity contribution in [3.8, 4) is 11.5 Å². The van der Waals surface area contributed by atoms with E-state index in [1.807, 2.05) is 19.9 Å². The van der Waals surface area contributed by atoms with Gasteiger partial charge in [-0.1, -0.05) is 45.1 Å². The summed E-state index contributed by atoms with van der Waals surface area (Å²) in [7, 11) is 1.54. The smallest absolute Gasteiger partial charge is 0.338 e. The number of carbonyl (C=O) groups is 1. The van der Waals surface area contributed by atoms with Gasteiger partial charge in [-0.05, 0) is 66.6 Å². The van der Waals surface area contributed by atoms with Gasteiger partial charge in [-0.2, -0.15) is 0 Å². The molecule has 222 valence electrons. The number of allylic oxidation sites excluding steroid dienone is 1. The maximum Gasteiger partial charge on any atom is 0.338 e. The molecule has 42 heavy (non-hydrogen) atoms.